The van der Waals surface area contributed by atoms with Gasteiger partial charge in [-0.15, -0.1) is 0 Å². The molecule has 3 heteroatoms. The maximum atomic E-state index is 5.90. The van der Waals surface area contributed by atoms with E-state index in [-0.39, 0.29) is 5.92 Å². The minimum Gasteiger partial charge on any atom is -0.399 e. The fourth-order valence-corrected chi connectivity index (χ4v) is 2.69. The van der Waals surface area contributed by atoms with Crippen LogP contribution in [0, 0.1) is 12.8 Å². The Bertz CT molecular complexity index is 755. The summed E-state index contributed by atoms with van der Waals surface area (Å²) in [5, 5.41) is 0. The average molecular weight is 321 g/mol. The summed E-state index contributed by atoms with van der Waals surface area (Å²) in [5.41, 5.74) is 11.8. The van der Waals surface area contributed by atoms with Gasteiger partial charge in [0.2, 0.25) is 0 Å². The fourth-order valence-electron chi connectivity index (χ4n) is 2.69. The van der Waals surface area contributed by atoms with Crippen molar-refractivity contribution in [1.29, 1.82) is 0 Å². The van der Waals surface area contributed by atoms with Crippen molar-refractivity contribution >= 4 is 28.6 Å². The largest absolute Gasteiger partial charge is 0.399 e. The number of aliphatic imine (C=N–C) groups is 1. The molecule has 0 atom stereocenters. The van der Waals surface area contributed by atoms with Gasteiger partial charge in [-0.1, -0.05) is 52.0 Å². The van der Waals surface area contributed by atoms with Crippen LogP contribution in [0.4, 0.5) is 17.1 Å². The first kappa shape index (κ1) is 17.8. The number of anilines is 2. The predicted molar refractivity (Wildman–Crippen MR) is 107 cm³/mol. The molecular formula is C21H27N3. The van der Waals surface area contributed by atoms with Gasteiger partial charge >= 0.3 is 0 Å². The molecule has 0 aromatic heterocycles. The quantitative estimate of drug-likeness (QED) is 0.712. The van der Waals surface area contributed by atoms with E-state index in [0.717, 1.165) is 34.2 Å². The average Bonchev–Trinajstić information content (AvgIpc) is 2.57. The lowest BCUT2D eigenvalue weighted by Gasteiger charge is -2.34. The summed E-state index contributed by atoms with van der Waals surface area (Å²) in [6.45, 7) is 14.7. The molecule has 0 aliphatic carbocycles. The van der Waals surface area contributed by atoms with Gasteiger partial charge in [-0.2, -0.15) is 0 Å². The van der Waals surface area contributed by atoms with E-state index >= 15 is 0 Å². The molecule has 0 saturated heterocycles. The molecule has 0 spiro atoms. The monoisotopic (exact) mass is 321 g/mol. The van der Waals surface area contributed by atoms with Crippen molar-refractivity contribution in [3.63, 3.8) is 0 Å². The topological polar surface area (TPSA) is 41.6 Å². The Morgan fingerprint density at radius 3 is 2.25 bits per heavy atom. The Labute approximate surface area is 145 Å². The highest BCUT2D eigenvalue weighted by Crippen LogP contribution is 2.38. The highest BCUT2D eigenvalue weighted by Gasteiger charge is 2.26. The lowest BCUT2D eigenvalue weighted by atomic mass is 10.0. The molecule has 1 aliphatic rings. The number of hydrogen-bond acceptors (Lipinski definition) is 3. The van der Waals surface area contributed by atoms with Gasteiger partial charge in [0.15, 0.2) is 0 Å². The van der Waals surface area contributed by atoms with Gasteiger partial charge in [0.25, 0.3) is 0 Å². The molecule has 1 aliphatic heterocycles. The highest BCUT2D eigenvalue weighted by atomic mass is 15.2. The zero-order valence-electron chi connectivity index (χ0n) is 15.3. The molecule has 2 aromatic carbocycles. The summed E-state index contributed by atoms with van der Waals surface area (Å²) < 4.78 is 0. The second-order valence-corrected chi connectivity index (χ2v) is 6.02. The van der Waals surface area contributed by atoms with E-state index in [0.29, 0.717) is 0 Å². The van der Waals surface area contributed by atoms with Gasteiger partial charge in [-0.3, -0.25) is 4.90 Å². The molecule has 0 unspecified atom stereocenters. The first-order valence-electron chi connectivity index (χ1n) is 8.51. The van der Waals surface area contributed by atoms with Gasteiger partial charge in [-0.25, -0.2) is 4.99 Å². The smallest absolute Gasteiger partial charge is 0.116 e. The lowest BCUT2D eigenvalue weighted by molar-refractivity contribution is 0.863. The van der Waals surface area contributed by atoms with E-state index in [1.54, 1.807) is 0 Å². The Hall–Kier alpha value is -2.55. The summed E-state index contributed by atoms with van der Waals surface area (Å²) in [6.07, 6.45) is 0. The van der Waals surface area contributed by atoms with Crippen LogP contribution in [0.2, 0.25) is 0 Å². The molecule has 24 heavy (non-hydrogen) atoms. The summed E-state index contributed by atoms with van der Waals surface area (Å²) in [7, 11) is 0. The van der Waals surface area contributed by atoms with Crippen LogP contribution in [0.1, 0.15) is 38.8 Å². The summed E-state index contributed by atoms with van der Waals surface area (Å²) in [4.78, 5) is 6.98. The number of aryl methyl sites for hydroxylation is 1. The SMILES string of the molecule is C=C1c2ccc(N)cc2N=C(C(C)C)N1c1ccc(C)cc1.CC. The molecular weight excluding hydrogens is 294 g/mol. The number of fused-ring (bicyclic) bond motifs is 1. The van der Waals surface area contributed by atoms with Crippen molar-refractivity contribution < 1.29 is 0 Å². The zero-order valence-corrected chi connectivity index (χ0v) is 15.3. The predicted octanol–water partition coefficient (Wildman–Crippen LogP) is 5.78. The Balaban J connectivity index is 0.00000100. The first-order valence-corrected chi connectivity index (χ1v) is 8.51. The zero-order chi connectivity index (χ0) is 17.9. The van der Waals surface area contributed by atoms with Crippen LogP contribution in [0.15, 0.2) is 54.0 Å². The maximum Gasteiger partial charge on any atom is 0.116 e. The lowest BCUT2D eigenvalue weighted by Crippen LogP contribution is -2.34. The summed E-state index contributed by atoms with van der Waals surface area (Å²) >= 11 is 0. The molecule has 0 fully saturated rings. The molecule has 126 valence electrons. The molecule has 1 heterocycles. The van der Waals surface area contributed by atoms with Crippen LogP contribution in [-0.4, -0.2) is 5.84 Å². The van der Waals surface area contributed by atoms with E-state index in [1.165, 1.54) is 5.56 Å². The molecule has 2 aromatic rings. The van der Waals surface area contributed by atoms with Gasteiger partial charge in [0, 0.05) is 28.6 Å². The fraction of sp³-hybridized carbons (Fsp3) is 0.286. The van der Waals surface area contributed by atoms with E-state index in [9.17, 15) is 0 Å². The number of amidine groups is 1. The molecule has 2 N–H and O–H groups in total. The number of nitrogens with zero attached hydrogens (tertiary/aromatic N) is 2. The summed E-state index contributed by atoms with van der Waals surface area (Å²) in [5.74, 6) is 1.28. The second kappa shape index (κ2) is 7.35. The number of nitrogens with two attached hydrogens (primary N) is 1. The molecule has 0 amide bonds. The third-order valence-electron chi connectivity index (χ3n) is 3.88. The van der Waals surface area contributed by atoms with Gasteiger partial charge < -0.3 is 5.73 Å². The molecule has 3 nitrogen and oxygen atoms in total. The second-order valence-electron chi connectivity index (χ2n) is 6.02. The van der Waals surface area contributed by atoms with Crippen LogP contribution in [-0.2, 0) is 0 Å². The minimum atomic E-state index is 0.285. The Morgan fingerprint density at radius 2 is 1.67 bits per heavy atom. The van der Waals surface area contributed by atoms with E-state index in [4.69, 9.17) is 10.7 Å². The third-order valence-corrected chi connectivity index (χ3v) is 3.88. The van der Waals surface area contributed by atoms with E-state index < -0.39 is 0 Å². The van der Waals surface area contributed by atoms with Crippen LogP contribution >= 0.6 is 0 Å². The maximum absolute atomic E-state index is 5.90. The van der Waals surface area contributed by atoms with Gasteiger partial charge in [0.05, 0.1) is 5.69 Å². The van der Waals surface area contributed by atoms with Crippen LogP contribution in [0.5, 0.6) is 0 Å². The minimum absolute atomic E-state index is 0.285. The highest BCUT2D eigenvalue weighted by molar-refractivity contribution is 6.13. The number of benzene rings is 2. The van der Waals surface area contributed by atoms with E-state index in [2.05, 4.69) is 56.5 Å². The molecule has 0 saturated carbocycles. The van der Waals surface area contributed by atoms with Gasteiger partial charge in [0.1, 0.15) is 5.84 Å². The number of rotatable bonds is 2. The molecule has 3 rings (SSSR count). The van der Waals surface area contributed by atoms with Crippen molar-refractivity contribution in [3.05, 3.63) is 60.2 Å². The Morgan fingerprint density at radius 1 is 1.04 bits per heavy atom. The number of nitrogen functional groups attached to an aromatic ring is 1. The van der Waals surface area contributed by atoms with E-state index in [1.807, 2.05) is 32.0 Å². The molecule has 0 bridgehead atoms. The van der Waals surface area contributed by atoms with Crippen molar-refractivity contribution in [1.82, 2.24) is 0 Å². The van der Waals surface area contributed by atoms with Crippen LogP contribution in [0.3, 0.4) is 0 Å². The van der Waals surface area contributed by atoms with Crippen molar-refractivity contribution in [2.75, 3.05) is 10.6 Å². The van der Waals surface area contributed by atoms with Gasteiger partial charge in [-0.05, 0) is 37.3 Å². The van der Waals surface area contributed by atoms with Crippen molar-refractivity contribution in [2.24, 2.45) is 10.9 Å². The van der Waals surface area contributed by atoms with Crippen LogP contribution < -0.4 is 10.6 Å². The van der Waals surface area contributed by atoms with Crippen molar-refractivity contribution in [2.45, 2.75) is 34.6 Å². The van der Waals surface area contributed by atoms with Crippen molar-refractivity contribution in [3.8, 4) is 0 Å². The summed E-state index contributed by atoms with van der Waals surface area (Å²) in [6, 6.07) is 14.2. The number of hydrogen-bond donors (Lipinski definition) is 1. The molecule has 0 radical (unpaired) electrons. The first-order chi connectivity index (χ1) is 11.5. The standard InChI is InChI=1S/C19H21N3.C2H6/c1-12(2)19-21-18-11-15(20)7-10-17(18)14(4)22(19)16-8-5-13(3)6-9-16;1-2/h5-12H,4,20H2,1-3H3;1-2H3. The third kappa shape index (κ3) is 3.35. The normalized spacial score (nSPS) is 13.2. The Kier molecular flexibility index (Phi) is 5.45. The van der Waals surface area contributed by atoms with Crippen LogP contribution in [0.25, 0.3) is 5.70 Å².